The molecule has 1 aliphatic heterocycles. The van der Waals surface area contributed by atoms with Crippen LogP contribution in [0.25, 0.3) is 11.0 Å². The molecule has 6 nitrogen and oxygen atoms in total. The van der Waals surface area contributed by atoms with Gasteiger partial charge in [0.05, 0.1) is 29.8 Å². The van der Waals surface area contributed by atoms with Crippen molar-refractivity contribution in [3.63, 3.8) is 0 Å². The summed E-state index contributed by atoms with van der Waals surface area (Å²) in [6, 6.07) is 5.63. The molecule has 23 heavy (non-hydrogen) atoms. The molecule has 2 N–H and O–H groups in total. The first kappa shape index (κ1) is 16.0. The summed E-state index contributed by atoms with van der Waals surface area (Å²) in [5.41, 5.74) is 1.09. The summed E-state index contributed by atoms with van der Waals surface area (Å²) in [7, 11) is 0. The Hall–Kier alpha value is -1.92. The fourth-order valence-electron chi connectivity index (χ4n) is 3.28. The molecule has 2 unspecified atom stereocenters. The predicted molar refractivity (Wildman–Crippen MR) is 87.8 cm³/mol. The van der Waals surface area contributed by atoms with Crippen molar-refractivity contribution < 1.29 is 10.2 Å². The summed E-state index contributed by atoms with van der Waals surface area (Å²) in [5, 5.41) is 19.5. The SMILES string of the molecule is CC(O)C(O)Cn1c(=O)c(=O)n2c3c(cccc31)C(C)(C)CC2. The van der Waals surface area contributed by atoms with Crippen LogP contribution in [0.3, 0.4) is 0 Å². The third kappa shape index (κ3) is 2.42. The summed E-state index contributed by atoms with van der Waals surface area (Å²) in [6.45, 7) is 6.10. The van der Waals surface area contributed by atoms with Gasteiger partial charge in [0.2, 0.25) is 0 Å². The van der Waals surface area contributed by atoms with Gasteiger partial charge in [0, 0.05) is 6.54 Å². The van der Waals surface area contributed by atoms with E-state index in [1.165, 1.54) is 11.5 Å². The lowest BCUT2D eigenvalue weighted by molar-refractivity contribution is 0.0208. The van der Waals surface area contributed by atoms with Gasteiger partial charge in [-0.3, -0.25) is 14.2 Å². The van der Waals surface area contributed by atoms with Gasteiger partial charge in [-0.25, -0.2) is 0 Å². The van der Waals surface area contributed by atoms with Crippen LogP contribution in [0.2, 0.25) is 0 Å². The molecular formula is C17H22N2O4. The van der Waals surface area contributed by atoms with E-state index in [4.69, 9.17) is 0 Å². The van der Waals surface area contributed by atoms with E-state index in [1.807, 2.05) is 12.1 Å². The molecule has 1 aromatic heterocycles. The molecule has 0 fully saturated rings. The van der Waals surface area contributed by atoms with Crippen molar-refractivity contribution in [2.45, 2.75) is 57.9 Å². The number of para-hydroxylation sites is 1. The number of hydrogen-bond acceptors (Lipinski definition) is 4. The van der Waals surface area contributed by atoms with Crippen LogP contribution in [0.4, 0.5) is 0 Å². The van der Waals surface area contributed by atoms with Gasteiger partial charge in [0.25, 0.3) is 0 Å². The zero-order valence-corrected chi connectivity index (χ0v) is 13.6. The minimum absolute atomic E-state index is 0.0862. The highest BCUT2D eigenvalue weighted by Crippen LogP contribution is 2.36. The van der Waals surface area contributed by atoms with Crippen LogP contribution in [0.15, 0.2) is 27.8 Å². The predicted octanol–water partition coefficient (Wildman–Crippen LogP) is 0.586. The van der Waals surface area contributed by atoms with Gasteiger partial charge in [-0.2, -0.15) is 0 Å². The quantitative estimate of drug-likeness (QED) is 0.811. The topological polar surface area (TPSA) is 84.5 Å². The maximum Gasteiger partial charge on any atom is 0.317 e. The second kappa shape index (κ2) is 5.32. The van der Waals surface area contributed by atoms with Gasteiger partial charge in [-0.15, -0.1) is 0 Å². The molecule has 1 aromatic carbocycles. The highest BCUT2D eigenvalue weighted by molar-refractivity contribution is 5.81. The van der Waals surface area contributed by atoms with E-state index in [2.05, 4.69) is 13.8 Å². The zero-order chi connectivity index (χ0) is 16.9. The Morgan fingerprint density at radius 1 is 1.22 bits per heavy atom. The second-order valence-electron chi connectivity index (χ2n) is 6.99. The standard InChI is InChI=1S/C17H22N2O4/c1-10(20)13(21)9-19-12-6-4-5-11-14(12)18(15(22)16(19)23)8-7-17(11,2)3/h4-6,10,13,20-21H,7-9H2,1-3H3. The van der Waals surface area contributed by atoms with E-state index < -0.39 is 23.3 Å². The fourth-order valence-corrected chi connectivity index (χ4v) is 3.28. The maximum atomic E-state index is 12.5. The van der Waals surface area contributed by atoms with Crippen LogP contribution < -0.4 is 11.1 Å². The summed E-state index contributed by atoms with van der Waals surface area (Å²) < 4.78 is 2.83. The Balaban J connectivity index is 2.36. The molecule has 2 aromatic rings. The summed E-state index contributed by atoms with van der Waals surface area (Å²) in [6.07, 6.45) is -1.30. The van der Waals surface area contributed by atoms with Crippen LogP contribution in [0.1, 0.15) is 32.8 Å². The number of rotatable bonds is 3. The summed E-state index contributed by atoms with van der Waals surface area (Å²) in [5.74, 6) is 0. The Kier molecular flexibility index (Phi) is 3.69. The fraction of sp³-hybridized carbons (Fsp3) is 0.529. The Morgan fingerprint density at radius 3 is 2.57 bits per heavy atom. The zero-order valence-electron chi connectivity index (χ0n) is 13.6. The lowest BCUT2D eigenvalue weighted by Crippen LogP contribution is -2.46. The van der Waals surface area contributed by atoms with Crippen LogP contribution in [-0.2, 0) is 18.5 Å². The average Bonchev–Trinajstić information content (AvgIpc) is 2.50. The van der Waals surface area contributed by atoms with Crippen molar-refractivity contribution in [1.29, 1.82) is 0 Å². The lowest BCUT2D eigenvalue weighted by atomic mass is 9.78. The van der Waals surface area contributed by atoms with Crippen molar-refractivity contribution in [3.05, 3.63) is 44.5 Å². The molecule has 0 amide bonds. The van der Waals surface area contributed by atoms with Crippen molar-refractivity contribution in [2.24, 2.45) is 0 Å². The van der Waals surface area contributed by atoms with Crippen LogP contribution in [-0.4, -0.2) is 31.6 Å². The molecular weight excluding hydrogens is 296 g/mol. The van der Waals surface area contributed by atoms with Crippen molar-refractivity contribution in [2.75, 3.05) is 0 Å². The van der Waals surface area contributed by atoms with E-state index in [9.17, 15) is 19.8 Å². The summed E-state index contributed by atoms with van der Waals surface area (Å²) >= 11 is 0. The van der Waals surface area contributed by atoms with Crippen molar-refractivity contribution in [1.82, 2.24) is 9.13 Å². The number of aromatic nitrogens is 2. The molecule has 0 radical (unpaired) electrons. The van der Waals surface area contributed by atoms with E-state index in [0.717, 1.165) is 17.5 Å². The minimum atomic E-state index is -1.11. The molecule has 0 spiro atoms. The monoisotopic (exact) mass is 318 g/mol. The molecule has 1 aliphatic rings. The smallest absolute Gasteiger partial charge is 0.317 e. The van der Waals surface area contributed by atoms with Crippen molar-refractivity contribution >= 4 is 11.0 Å². The van der Waals surface area contributed by atoms with Crippen LogP contribution >= 0.6 is 0 Å². The summed E-state index contributed by atoms with van der Waals surface area (Å²) in [4.78, 5) is 24.9. The van der Waals surface area contributed by atoms with Crippen molar-refractivity contribution in [3.8, 4) is 0 Å². The molecule has 3 rings (SSSR count). The molecule has 0 bridgehead atoms. The third-order valence-electron chi connectivity index (χ3n) is 4.86. The van der Waals surface area contributed by atoms with E-state index in [1.54, 1.807) is 10.6 Å². The first-order valence-electron chi connectivity index (χ1n) is 7.87. The maximum absolute atomic E-state index is 12.5. The number of aliphatic hydroxyl groups is 2. The lowest BCUT2D eigenvalue weighted by Gasteiger charge is -2.33. The Labute approximate surface area is 133 Å². The van der Waals surface area contributed by atoms with Gasteiger partial charge in [-0.05, 0) is 30.4 Å². The molecule has 0 aliphatic carbocycles. The number of benzene rings is 1. The Bertz CT molecular complexity index is 877. The first-order chi connectivity index (χ1) is 10.7. The molecule has 0 saturated carbocycles. The van der Waals surface area contributed by atoms with Crippen LogP contribution in [0, 0.1) is 0 Å². The van der Waals surface area contributed by atoms with Gasteiger partial charge >= 0.3 is 11.1 Å². The van der Waals surface area contributed by atoms with Gasteiger partial charge < -0.3 is 14.8 Å². The number of hydrogen-bond donors (Lipinski definition) is 2. The second-order valence-corrected chi connectivity index (χ2v) is 6.99. The normalized spacial score (nSPS) is 18.8. The van der Waals surface area contributed by atoms with Gasteiger partial charge in [-0.1, -0.05) is 26.0 Å². The van der Waals surface area contributed by atoms with E-state index >= 15 is 0 Å². The van der Waals surface area contributed by atoms with Crippen LogP contribution in [0.5, 0.6) is 0 Å². The largest absolute Gasteiger partial charge is 0.391 e. The van der Waals surface area contributed by atoms with E-state index in [0.29, 0.717) is 12.1 Å². The molecule has 0 saturated heterocycles. The number of aryl methyl sites for hydroxylation is 1. The molecule has 124 valence electrons. The molecule has 6 heteroatoms. The Morgan fingerprint density at radius 2 is 1.91 bits per heavy atom. The minimum Gasteiger partial charge on any atom is -0.391 e. The van der Waals surface area contributed by atoms with Gasteiger partial charge in [0.1, 0.15) is 0 Å². The molecule has 2 atom stereocenters. The molecule has 2 heterocycles. The third-order valence-corrected chi connectivity index (χ3v) is 4.86. The highest BCUT2D eigenvalue weighted by Gasteiger charge is 2.30. The number of aliphatic hydroxyl groups excluding tert-OH is 2. The highest BCUT2D eigenvalue weighted by atomic mass is 16.3. The van der Waals surface area contributed by atoms with E-state index in [-0.39, 0.29) is 12.0 Å². The average molecular weight is 318 g/mol. The number of nitrogens with zero attached hydrogens (tertiary/aromatic N) is 2. The van der Waals surface area contributed by atoms with Gasteiger partial charge in [0.15, 0.2) is 0 Å². The first-order valence-corrected chi connectivity index (χ1v) is 7.87.